The van der Waals surface area contributed by atoms with Gasteiger partial charge in [0, 0.05) is 50.2 Å². The maximum Gasteiger partial charge on any atom is 0.434 e. The molecule has 210 valence electrons. The van der Waals surface area contributed by atoms with Gasteiger partial charge in [-0.15, -0.1) is 5.10 Å². The van der Waals surface area contributed by atoms with Crippen LogP contribution in [0.3, 0.4) is 0 Å². The Hall–Kier alpha value is -3.77. The van der Waals surface area contributed by atoms with Crippen molar-refractivity contribution in [3.05, 3.63) is 42.0 Å². The molecule has 5 heterocycles. The molecule has 1 aliphatic heterocycles. The minimum absolute atomic E-state index is 0.111. The number of hydrogen-bond acceptors (Lipinski definition) is 8. The van der Waals surface area contributed by atoms with Crippen LogP contribution in [0.15, 0.2) is 24.9 Å². The van der Waals surface area contributed by atoms with Crippen molar-refractivity contribution in [1.82, 2.24) is 39.1 Å². The summed E-state index contributed by atoms with van der Waals surface area (Å²) >= 11 is 0. The van der Waals surface area contributed by atoms with E-state index in [-0.39, 0.29) is 6.04 Å². The lowest BCUT2D eigenvalue weighted by Crippen LogP contribution is -2.29. The van der Waals surface area contributed by atoms with E-state index >= 15 is 0 Å². The van der Waals surface area contributed by atoms with Crippen molar-refractivity contribution >= 4 is 17.4 Å². The first-order valence-corrected chi connectivity index (χ1v) is 13.9. The van der Waals surface area contributed by atoms with Crippen LogP contribution in [0.5, 0.6) is 0 Å². The summed E-state index contributed by atoms with van der Waals surface area (Å²) in [6.07, 6.45) is 4.81. The summed E-state index contributed by atoms with van der Waals surface area (Å²) in [5.41, 5.74) is 2.69. The van der Waals surface area contributed by atoms with Gasteiger partial charge in [-0.3, -0.25) is 0 Å². The zero-order valence-corrected chi connectivity index (χ0v) is 22.6. The lowest BCUT2D eigenvalue weighted by atomic mass is 10.1. The van der Waals surface area contributed by atoms with Crippen LogP contribution in [0.2, 0.25) is 0 Å². The van der Waals surface area contributed by atoms with E-state index in [0.717, 1.165) is 42.4 Å². The molecule has 10 nitrogen and oxygen atoms in total. The number of halogens is 3. The first-order valence-electron chi connectivity index (χ1n) is 13.9. The van der Waals surface area contributed by atoms with Crippen molar-refractivity contribution in [3.63, 3.8) is 0 Å². The Morgan fingerprint density at radius 3 is 2.52 bits per heavy atom. The molecule has 3 aliphatic rings. The molecular formula is C27H31F3N10. The van der Waals surface area contributed by atoms with Gasteiger partial charge in [0.1, 0.15) is 6.33 Å². The van der Waals surface area contributed by atoms with Crippen molar-refractivity contribution in [2.24, 2.45) is 17.8 Å². The zero-order chi connectivity index (χ0) is 27.8. The topological polar surface area (TPSA) is 102 Å². The monoisotopic (exact) mass is 552 g/mol. The molecule has 0 spiro atoms. The van der Waals surface area contributed by atoms with Crippen molar-refractivity contribution in [1.29, 1.82) is 0 Å². The van der Waals surface area contributed by atoms with Crippen molar-refractivity contribution in [3.8, 4) is 11.4 Å². The number of piperidine rings is 1. The molecule has 0 radical (unpaired) electrons. The molecule has 0 bridgehead atoms. The highest BCUT2D eigenvalue weighted by molar-refractivity contribution is 5.69. The second-order valence-corrected chi connectivity index (χ2v) is 11.4. The fourth-order valence-corrected chi connectivity index (χ4v) is 6.13. The van der Waals surface area contributed by atoms with Gasteiger partial charge in [-0.2, -0.15) is 13.2 Å². The molecule has 3 fully saturated rings. The molecule has 2 aliphatic carbocycles. The molecule has 0 aromatic carbocycles. The van der Waals surface area contributed by atoms with Crippen LogP contribution >= 0.6 is 0 Å². The van der Waals surface area contributed by atoms with Crippen LogP contribution in [0.4, 0.5) is 24.9 Å². The van der Waals surface area contributed by atoms with Crippen molar-refractivity contribution in [2.45, 2.75) is 58.2 Å². The van der Waals surface area contributed by atoms with E-state index in [2.05, 4.69) is 32.2 Å². The maximum absolute atomic E-state index is 13.3. The summed E-state index contributed by atoms with van der Waals surface area (Å²) in [7, 11) is 0. The summed E-state index contributed by atoms with van der Waals surface area (Å²) in [6.45, 7) is 7.91. The highest BCUT2D eigenvalue weighted by Gasteiger charge is 2.56. The second-order valence-electron chi connectivity index (χ2n) is 11.4. The molecule has 1 N–H and O–H groups in total. The fraction of sp³-hybridized carbons (Fsp3) is 0.556. The van der Waals surface area contributed by atoms with E-state index < -0.39 is 11.9 Å². The van der Waals surface area contributed by atoms with Gasteiger partial charge in [0.2, 0.25) is 5.95 Å². The third kappa shape index (κ3) is 4.26. The number of nitrogens with one attached hydrogen (secondary N) is 1. The number of fused-ring (bicyclic) bond motifs is 2. The molecule has 7 rings (SSSR count). The Bertz CT molecular complexity index is 1560. The van der Waals surface area contributed by atoms with E-state index in [0.29, 0.717) is 66.5 Å². The van der Waals surface area contributed by atoms with Crippen molar-refractivity contribution < 1.29 is 13.2 Å². The van der Waals surface area contributed by atoms with E-state index in [9.17, 15) is 13.2 Å². The molecule has 40 heavy (non-hydrogen) atoms. The number of hydrogen-bond donors (Lipinski definition) is 1. The average Bonchev–Trinajstić information content (AvgIpc) is 3.64. The molecule has 2 atom stereocenters. The highest BCUT2D eigenvalue weighted by atomic mass is 19.4. The van der Waals surface area contributed by atoms with Gasteiger partial charge in [-0.25, -0.2) is 29.4 Å². The third-order valence-corrected chi connectivity index (χ3v) is 8.45. The van der Waals surface area contributed by atoms with Gasteiger partial charge in [-0.05, 0) is 50.9 Å². The zero-order valence-electron chi connectivity index (χ0n) is 22.6. The average molecular weight is 553 g/mol. The SMILES string of the molecule is CCc1ncnc(C2CC2)c1-c1nc(NCC2C3CN(c4nc(C(F)(F)F)cn4C(C)C)CC23)c2nccn2n1. The van der Waals surface area contributed by atoms with E-state index in [1.165, 1.54) is 0 Å². The molecule has 4 aromatic heterocycles. The first-order chi connectivity index (χ1) is 19.2. The normalized spacial score (nSPS) is 22.4. The van der Waals surface area contributed by atoms with E-state index in [1.54, 1.807) is 21.6 Å². The van der Waals surface area contributed by atoms with Gasteiger partial charge in [0.25, 0.3) is 0 Å². The minimum Gasteiger partial charge on any atom is -0.367 e. The minimum atomic E-state index is -4.46. The number of nitrogens with zero attached hydrogens (tertiary/aromatic N) is 9. The smallest absolute Gasteiger partial charge is 0.367 e. The Morgan fingerprint density at radius 2 is 1.85 bits per heavy atom. The van der Waals surface area contributed by atoms with Gasteiger partial charge in [-0.1, -0.05) is 6.92 Å². The van der Waals surface area contributed by atoms with Crippen LogP contribution < -0.4 is 10.2 Å². The van der Waals surface area contributed by atoms with E-state index in [1.807, 2.05) is 24.9 Å². The fourth-order valence-electron chi connectivity index (χ4n) is 6.13. The predicted octanol–water partition coefficient (Wildman–Crippen LogP) is 4.61. The Balaban J connectivity index is 1.09. The Kier molecular flexibility index (Phi) is 5.76. The molecular weight excluding hydrogens is 521 g/mol. The molecule has 13 heteroatoms. The molecule has 0 amide bonds. The van der Waals surface area contributed by atoms with Gasteiger partial charge >= 0.3 is 6.18 Å². The van der Waals surface area contributed by atoms with Crippen molar-refractivity contribution in [2.75, 3.05) is 29.9 Å². The molecule has 2 unspecified atom stereocenters. The summed E-state index contributed by atoms with van der Waals surface area (Å²) < 4.78 is 43.4. The predicted molar refractivity (Wildman–Crippen MR) is 142 cm³/mol. The number of aromatic nitrogens is 8. The number of anilines is 2. The highest BCUT2D eigenvalue weighted by Crippen LogP contribution is 2.53. The van der Waals surface area contributed by atoms with Crippen LogP contribution in [-0.4, -0.2) is 58.7 Å². The number of alkyl halides is 3. The largest absolute Gasteiger partial charge is 0.434 e. The van der Waals surface area contributed by atoms with Crippen LogP contribution in [0.25, 0.3) is 17.0 Å². The summed E-state index contributed by atoms with van der Waals surface area (Å²) in [5.74, 6) is 3.28. The summed E-state index contributed by atoms with van der Waals surface area (Å²) in [6, 6.07) is -0.111. The van der Waals surface area contributed by atoms with Crippen LogP contribution in [0.1, 0.15) is 62.7 Å². The Labute approximate surface area is 229 Å². The molecule has 1 saturated heterocycles. The first kappa shape index (κ1) is 25.2. The Morgan fingerprint density at radius 1 is 1.07 bits per heavy atom. The van der Waals surface area contributed by atoms with Crippen LogP contribution in [-0.2, 0) is 12.6 Å². The molecule has 2 saturated carbocycles. The van der Waals surface area contributed by atoms with Gasteiger partial charge in [0.15, 0.2) is 23.0 Å². The molecule has 4 aromatic rings. The second kappa shape index (κ2) is 9.13. The quantitative estimate of drug-likeness (QED) is 0.338. The number of rotatable bonds is 8. The maximum atomic E-state index is 13.3. The summed E-state index contributed by atoms with van der Waals surface area (Å²) in [5, 5.41) is 8.28. The standard InChI is InChI=1S/C27H31F3N10/c1-4-19-21(22(15-5-6-15)34-13-33-19)23-36-24(25-31-7-8-40(25)37-23)32-9-16-17-10-38(11-18(16)17)26-35-20(27(28,29)30)12-39(26)14(2)3/h7-8,12-18H,4-6,9-11H2,1-3H3,(H,32,36,37). The van der Waals surface area contributed by atoms with Crippen LogP contribution in [0, 0.1) is 17.8 Å². The number of aryl methyl sites for hydroxylation is 1. The summed E-state index contributed by atoms with van der Waals surface area (Å²) in [4.78, 5) is 24.5. The van der Waals surface area contributed by atoms with Gasteiger partial charge < -0.3 is 14.8 Å². The number of imidazole rings is 2. The van der Waals surface area contributed by atoms with E-state index in [4.69, 9.17) is 10.1 Å². The lowest BCUT2D eigenvalue weighted by Gasteiger charge is -2.23. The lowest BCUT2D eigenvalue weighted by molar-refractivity contribution is -0.140. The van der Waals surface area contributed by atoms with Gasteiger partial charge in [0.05, 0.1) is 17.0 Å². The third-order valence-electron chi connectivity index (χ3n) is 8.45.